The summed E-state index contributed by atoms with van der Waals surface area (Å²) in [5.41, 5.74) is 1.40. The zero-order chi connectivity index (χ0) is 16.2. The van der Waals surface area contributed by atoms with Crippen LogP contribution < -0.4 is 5.32 Å². The van der Waals surface area contributed by atoms with E-state index in [1.54, 1.807) is 12.4 Å². The summed E-state index contributed by atoms with van der Waals surface area (Å²) >= 11 is 2.91. The second-order valence-electron chi connectivity index (χ2n) is 5.03. The van der Waals surface area contributed by atoms with Crippen molar-refractivity contribution in [1.82, 2.24) is 20.2 Å². The number of carbonyl (C=O) groups excluding carboxylic acids is 1. The third-order valence-corrected chi connectivity index (χ3v) is 5.36. The minimum atomic E-state index is -0.235. The Morgan fingerprint density at radius 2 is 2.35 bits per heavy atom. The molecule has 1 unspecified atom stereocenters. The molecule has 6 nitrogen and oxygen atoms in total. The monoisotopic (exact) mass is 347 g/mol. The average Bonchev–Trinajstić information content (AvgIpc) is 3.18. The van der Waals surface area contributed by atoms with Crippen molar-refractivity contribution in [3.05, 3.63) is 30.1 Å². The normalized spacial score (nSPS) is 12.4. The molecule has 2 N–H and O–H groups in total. The van der Waals surface area contributed by atoms with Gasteiger partial charge in [-0.15, -0.1) is 10.2 Å². The lowest BCUT2D eigenvalue weighted by atomic mass is 10.1. The van der Waals surface area contributed by atoms with Crippen molar-refractivity contribution < 1.29 is 4.79 Å². The number of nitrogens with one attached hydrogen (secondary N) is 2. The fourth-order valence-corrected chi connectivity index (χ4v) is 4.13. The number of carbonyl (C=O) groups is 1. The van der Waals surface area contributed by atoms with Gasteiger partial charge in [-0.2, -0.15) is 0 Å². The number of anilines is 1. The number of fused-ring (bicyclic) bond motifs is 1. The number of Topliss-reactive ketones (excluding diaryl/α,β-unsaturated/α-hetero) is 1. The molecule has 0 aliphatic heterocycles. The number of hydrogen-bond acceptors (Lipinski definition) is 7. The van der Waals surface area contributed by atoms with E-state index in [0.717, 1.165) is 33.5 Å². The van der Waals surface area contributed by atoms with E-state index in [1.165, 1.54) is 23.1 Å². The SMILES string of the molecule is CCCNc1nnc(SC(C)C(=O)c2c[nH]c3ncccc23)s1. The number of H-pyrrole nitrogens is 1. The van der Waals surface area contributed by atoms with Crippen molar-refractivity contribution in [2.24, 2.45) is 0 Å². The Bertz CT molecular complexity index is 813. The lowest BCUT2D eigenvalue weighted by molar-refractivity contribution is 0.0995. The van der Waals surface area contributed by atoms with E-state index in [4.69, 9.17) is 0 Å². The fourth-order valence-electron chi connectivity index (χ4n) is 2.14. The van der Waals surface area contributed by atoms with Gasteiger partial charge in [-0.05, 0) is 25.5 Å². The number of aromatic amines is 1. The van der Waals surface area contributed by atoms with Crippen LogP contribution in [-0.2, 0) is 0 Å². The molecule has 0 saturated carbocycles. The van der Waals surface area contributed by atoms with Crippen LogP contribution in [0.1, 0.15) is 30.6 Å². The van der Waals surface area contributed by atoms with Crippen LogP contribution in [0.4, 0.5) is 5.13 Å². The number of ketones is 1. The lowest BCUT2D eigenvalue weighted by Gasteiger charge is -2.06. The van der Waals surface area contributed by atoms with Crippen LogP contribution in [0.5, 0.6) is 0 Å². The van der Waals surface area contributed by atoms with Gasteiger partial charge in [0.05, 0.1) is 5.25 Å². The first-order chi connectivity index (χ1) is 11.2. The molecule has 0 radical (unpaired) electrons. The van der Waals surface area contributed by atoms with E-state index >= 15 is 0 Å². The third-order valence-electron chi connectivity index (χ3n) is 3.30. The first-order valence-corrected chi connectivity index (χ1v) is 9.09. The number of nitrogens with zero attached hydrogens (tertiary/aromatic N) is 3. The molecule has 0 saturated heterocycles. The molecule has 0 spiro atoms. The number of rotatable bonds is 7. The van der Waals surface area contributed by atoms with Crippen LogP contribution in [0.25, 0.3) is 11.0 Å². The molecule has 0 bridgehead atoms. The summed E-state index contributed by atoms with van der Waals surface area (Å²) in [5, 5.41) is 12.8. The maximum atomic E-state index is 12.7. The number of hydrogen-bond donors (Lipinski definition) is 2. The predicted octanol–water partition coefficient (Wildman–Crippen LogP) is 3.60. The Balaban J connectivity index is 1.71. The molecule has 23 heavy (non-hydrogen) atoms. The second kappa shape index (κ2) is 7.10. The van der Waals surface area contributed by atoms with Gasteiger partial charge in [-0.3, -0.25) is 4.79 Å². The van der Waals surface area contributed by atoms with Crippen molar-refractivity contribution >= 4 is 45.0 Å². The fraction of sp³-hybridized carbons (Fsp3) is 0.333. The standard InChI is InChI=1S/C15H17N5OS2/c1-3-6-17-14-19-20-15(23-14)22-9(2)12(21)11-8-18-13-10(11)5-4-7-16-13/h4-5,7-9H,3,6H2,1-2H3,(H,16,18)(H,17,19). The molecular formula is C15H17N5OS2. The highest BCUT2D eigenvalue weighted by Crippen LogP contribution is 2.31. The van der Waals surface area contributed by atoms with Gasteiger partial charge < -0.3 is 10.3 Å². The van der Waals surface area contributed by atoms with Crippen LogP contribution in [0.15, 0.2) is 28.9 Å². The summed E-state index contributed by atoms with van der Waals surface area (Å²) in [7, 11) is 0. The van der Waals surface area contributed by atoms with Gasteiger partial charge in [-0.1, -0.05) is 30.0 Å². The minimum absolute atomic E-state index is 0.0625. The van der Waals surface area contributed by atoms with Crippen molar-refractivity contribution in [2.45, 2.75) is 29.9 Å². The molecule has 120 valence electrons. The molecule has 0 amide bonds. The van der Waals surface area contributed by atoms with Crippen LogP contribution in [0.3, 0.4) is 0 Å². The van der Waals surface area contributed by atoms with Crippen molar-refractivity contribution in [2.75, 3.05) is 11.9 Å². The molecule has 0 aliphatic carbocycles. The summed E-state index contributed by atoms with van der Waals surface area (Å²) in [5.74, 6) is 0.0625. The van der Waals surface area contributed by atoms with E-state index in [2.05, 4.69) is 32.4 Å². The largest absolute Gasteiger partial charge is 0.360 e. The summed E-state index contributed by atoms with van der Waals surface area (Å²) in [6.45, 7) is 4.86. The molecular weight excluding hydrogens is 330 g/mol. The Morgan fingerprint density at radius 1 is 1.48 bits per heavy atom. The van der Waals surface area contributed by atoms with E-state index in [0.29, 0.717) is 5.56 Å². The number of thioether (sulfide) groups is 1. The number of aromatic nitrogens is 4. The lowest BCUT2D eigenvalue weighted by Crippen LogP contribution is -2.12. The molecule has 0 fully saturated rings. The van der Waals surface area contributed by atoms with E-state index in [9.17, 15) is 4.79 Å². The van der Waals surface area contributed by atoms with Gasteiger partial charge >= 0.3 is 0 Å². The van der Waals surface area contributed by atoms with E-state index < -0.39 is 0 Å². The van der Waals surface area contributed by atoms with E-state index in [-0.39, 0.29) is 11.0 Å². The predicted molar refractivity (Wildman–Crippen MR) is 94.4 cm³/mol. The maximum absolute atomic E-state index is 12.7. The summed E-state index contributed by atoms with van der Waals surface area (Å²) in [4.78, 5) is 19.9. The Morgan fingerprint density at radius 3 is 3.17 bits per heavy atom. The summed E-state index contributed by atoms with van der Waals surface area (Å²) in [6, 6.07) is 3.74. The third kappa shape index (κ3) is 3.53. The second-order valence-corrected chi connectivity index (χ2v) is 7.59. The molecule has 0 aromatic carbocycles. The molecule has 3 aromatic rings. The highest BCUT2D eigenvalue weighted by molar-refractivity contribution is 8.02. The van der Waals surface area contributed by atoms with Gasteiger partial charge in [0.2, 0.25) is 5.13 Å². The van der Waals surface area contributed by atoms with Crippen molar-refractivity contribution in [3.8, 4) is 0 Å². The van der Waals surface area contributed by atoms with Gasteiger partial charge in [0.15, 0.2) is 10.1 Å². The molecule has 1 atom stereocenters. The van der Waals surface area contributed by atoms with Gasteiger partial charge in [0.25, 0.3) is 0 Å². The average molecular weight is 347 g/mol. The zero-order valence-corrected chi connectivity index (χ0v) is 14.5. The minimum Gasteiger partial charge on any atom is -0.360 e. The Hall–Kier alpha value is -1.93. The van der Waals surface area contributed by atoms with Crippen LogP contribution in [-0.4, -0.2) is 37.7 Å². The highest BCUT2D eigenvalue weighted by atomic mass is 32.2. The number of pyridine rings is 1. The topological polar surface area (TPSA) is 83.6 Å². The Labute approximate surface area is 142 Å². The van der Waals surface area contributed by atoms with Gasteiger partial charge in [0, 0.05) is 29.9 Å². The van der Waals surface area contributed by atoms with Gasteiger partial charge in [-0.25, -0.2) is 4.98 Å². The maximum Gasteiger partial charge on any atom is 0.206 e. The first-order valence-electron chi connectivity index (χ1n) is 7.39. The highest BCUT2D eigenvalue weighted by Gasteiger charge is 2.21. The molecule has 3 heterocycles. The summed E-state index contributed by atoms with van der Waals surface area (Å²) < 4.78 is 0.794. The van der Waals surface area contributed by atoms with Crippen LogP contribution in [0.2, 0.25) is 0 Å². The van der Waals surface area contributed by atoms with Crippen molar-refractivity contribution in [1.29, 1.82) is 0 Å². The first kappa shape index (κ1) is 15.9. The van der Waals surface area contributed by atoms with Gasteiger partial charge in [0.1, 0.15) is 5.65 Å². The zero-order valence-electron chi connectivity index (χ0n) is 12.9. The smallest absolute Gasteiger partial charge is 0.206 e. The molecule has 8 heteroatoms. The summed E-state index contributed by atoms with van der Waals surface area (Å²) in [6.07, 6.45) is 4.47. The van der Waals surface area contributed by atoms with Crippen molar-refractivity contribution in [3.63, 3.8) is 0 Å². The molecule has 3 aromatic heterocycles. The molecule has 3 rings (SSSR count). The Kier molecular flexibility index (Phi) is 4.92. The van der Waals surface area contributed by atoms with Crippen LogP contribution in [0, 0.1) is 0 Å². The van der Waals surface area contributed by atoms with Crippen LogP contribution >= 0.6 is 23.1 Å². The molecule has 0 aliphatic rings. The van der Waals surface area contributed by atoms with E-state index in [1.807, 2.05) is 19.1 Å². The quantitative estimate of drug-likeness (QED) is 0.502.